The van der Waals surface area contributed by atoms with Crippen LogP contribution < -0.4 is 5.32 Å². The van der Waals surface area contributed by atoms with Crippen molar-refractivity contribution >= 4 is 22.7 Å². The van der Waals surface area contributed by atoms with Crippen molar-refractivity contribution in [2.45, 2.75) is 44.6 Å². The van der Waals surface area contributed by atoms with Crippen molar-refractivity contribution in [3.63, 3.8) is 0 Å². The summed E-state index contributed by atoms with van der Waals surface area (Å²) in [4.78, 5) is 30.0. The first-order chi connectivity index (χ1) is 12.6. The van der Waals surface area contributed by atoms with E-state index in [0.717, 1.165) is 43.2 Å². The van der Waals surface area contributed by atoms with Crippen LogP contribution in [0.15, 0.2) is 41.6 Å². The Bertz CT molecular complexity index is 880. The molecule has 1 atom stereocenters. The number of para-hydroxylation sites is 1. The first kappa shape index (κ1) is 16.9. The zero-order valence-electron chi connectivity index (χ0n) is 15.2. The van der Waals surface area contributed by atoms with E-state index in [1.54, 1.807) is 0 Å². The molecule has 2 aliphatic rings. The summed E-state index contributed by atoms with van der Waals surface area (Å²) in [5, 5.41) is 4.18. The third-order valence-electron chi connectivity index (χ3n) is 5.74. The molecule has 26 heavy (non-hydrogen) atoms. The average molecular weight is 351 g/mol. The van der Waals surface area contributed by atoms with Crippen molar-refractivity contribution in [3.8, 4) is 0 Å². The van der Waals surface area contributed by atoms with Gasteiger partial charge in [-0.3, -0.25) is 9.59 Å². The summed E-state index contributed by atoms with van der Waals surface area (Å²) in [7, 11) is 1.86. The number of fused-ring (bicyclic) bond motifs is 2. The van der Waals surface area contributed by atoms with Gasteiger partial charge in [-0.15, -0.1) is 0 Å². The smallest absolute Gasteiger partial charge is 0.250 e. The number of hydrogen-bond acceptors (Lipinski definition) is 2. The van der Waals surface area contributed by atoms with E-state index >= 15 is 0 Å². The topological polar surface area (TPSA) is 65.2 Å². The highest BCUT2D eigenvalue weighted by atomic mass is 16.2. The second kappa shape index (κ2) is 6.98. The second-order valence-electron chi connectivity index (χ2n) is 7.32. The van der Waals surface area contributed by atoms with Crippen LogP contribution in [0.4, 0.5) is 0 Å². The molecule has 2 aromatic rings. The Kier molecular flexibility index (Phi) is 4.53. The van der Waals surface area contributed by atoms with Crippen molar-refractivity contribution in [3.05, 3.63) is 47.2 Å². The maximum absolute atomic E-state index is 12.5. The number of aromatic amines is 1. The number of hydrogen-bond donors (Lipinski definition) is 2. The predicted molar refractivity (Wildman–Crippen MR) is 102 cm³/mol. The van der Waals surface area contributed by atoms with E-state index in [-0.39, 0.29) is 24.3 Å². The van der Waals surface area contributed by atoms with Crippen LogP contribution in [-0.2, 0) is 16.0 Å². The molecular weight excluding hydrogens is 326 g/mol. The minimum atomic E-state index is -0.0553. The van der Waals surface area contributed by atoms with E-state index in [4.69, 9.17) is 0 Å². The number of aromatic nitrogens is 1. The zero-order chi connectivity index (χ0) is 18.1. The van der Waals surface area contributed by atoms with E-state index in [1.807, 2.05) is 36.3 Å². The number of likely N-dealkylation sites (N-methyl/N-ethyl adjacent to an activating group) is 1. The molecule has 2 heterocycles. The third kappa shape index (κ3) is 3.02. The van der Waals surface area contributed by atoms with Crippen LogP contribution in [0, 0.1) is 0 Å². The fourth-order valence-electron chi connectivity index (χ4n) is 4.35. The lowest BCUT2D eigenvalue weighted by atomic mass is 9.88. The van der Waals surface area contributed by atoms with Crippen LogP contribution in [0.3, 0.4) is 0 Å². The van der Waals surface area contributed by atoms with E-state index in [9.17, 15) is 9.59 Å². The first-order valence-corrected chi connectivity index (χ1v) is 9.46. The van der Waals surface area contributed by atoms with Crippen molar-refractivity contribution in [1.29, 1.82) is 0 Å². The van der Waals surface area contributed by atoms with Crippen LogP contribution in [0.25, 0.3) is 10.9 Å². The largest absolute Gasteiger partial charge is 0.361 e. The van der Waals surface area contributed by atoms with Gasteiger partial charge in [0.05, 0.1) is 12.5 Å². The highest BCUT2D eigenvalue weighted by molar-refractivity contribution is 6.02. The minimum absolute atomic E-state index is 0.0404. The van der Waals surface area contributed by atoms with Gasteiger partial charge in [0.25, 0.3) is 5.91 Å². The SMILES string of the molecule is CN1C(=O)C(CC(=O)NCCc2c[nH]c3ccccc23)=C2CCCCC21. The standard InChI is InChI=1S/C21H25N3O2/c1-24-19-9-5-3-7-16(19)17(21(24)26)12-20(25)22-11-10-14-13-23-18-8-4-2-6-15(14)18/h2,4,6,8,13,19,23H,3,5,7,9-12H2,1H3,(H,22,25). The molecule has 0 bridgehead atoms. The lowest BCUT2D eigenvalue weighted by Gasteiger charge is -2.26. The van der Waals surface area contributed by atoms with Crippen molar-refractivity contribution in [1.82, 2.24) is 15.2 Å². The molecule has 1 aromatic carbocycles. The summed E-state index contributed by atoms with van der Waals surface area (Å²) in [5.74, 6) is -0.0148. The monoisotopic (exact) mass is 351 g/mol. The Morgan fingerprint density at radius 1 is 1.31 bits per heavy atom. The van der Waals surface area contributed by atoms with Gasteiger partial charge in [0.15, 0.2) is 0 Å². The van der Waals surface area contributed by atoms with Gasteiger partial charge in [0, 0.05) is 36.3 Å². The number of carbonyl (C=O) groups excluding carboxylic acids is 2. The zero-order valence-corrected chi connectivity index (χ0v) is 15.2. The van der Waals surface area contributed by atoms with Gasteiger partial charge in [-0.05, 0) is 42.9 Å². The number of carbonyl (C=O) groups is 2. The van der Waals surface area contributed by atoms with Crippen molar-refractivity contribution < 1.29 is 9.59 Å². The van der Waals surface area contributed by atoms with Gasteiger partial charge >= 0.3 is 0 Å². The predicted octanol–water partition coefficient (Wildman–Crippen LogP) is 2.93. The maximum atomic E-state index is 12.5. The van der Waals surface area contributed by atoms with E-state index < -0.39 is 0 Å². The summed E-state index contributed by atoms with van der Waals surface area (Å²) in [6.07, 6.45) is 7.26. The van der Waals surface area contributed by atoms with Gasteiger partial charge in [0.1, 0.15) is 0 Å². The fraction of sp³-hybridized carbons (Fsp3) is 0.429. The van der Waals surface area contributed by atoms with Gasteiger partial charge in [-0.1, -0.05) is 24.6 Å². The number of amides is 2. The highest BCUT2D eigenvalue weighted by Crippen LogP contribution is 2.36. The summed E-state index contributed by atoms with van der Waals surface area (Å²) in [6, 6.07) is 8.40. The summed E-state index contributed by atoms with van der Waals surface area (Å²) in [6.45, 7) is 0.580. The molecule has 0 radical (unpaired) electrons. The molecule has 136 valence electrons. The maximum Gasteiger partial charge on any atom is 0.250 e. The number of rotatable bonds is 5. The Balaban J connectivity index is 1.36. The number of nitrogens with one attached hydrogen (secondary N) is 2. The van der Waals surface area contributed by atoms with Crippen LogP contribution in [0.2, 0.25) is 0 Å². The molecule has 0 spiro atoms. The first-order valence-electron chi connectivity index (χ1n) is 9.46. The molecule has 4 rings (SSSR count). The summed E-state index contributed by atoms with van der Waals surface area (Å²) in [5.41, 5.74) is 4.26. The Morgan fingerprint density at radius 2 is 2.15 bits per heavy atom. The van der Waals surface area contributed by atoms with Crippen LogP contribution in [-0.4, -0.2) is 41.3 Å². The van der Waals surface area contributed by atoms with E-state index in [0.29, 0.717) is 6.54 Å². The van der Waals surface area contributed by atoms with Crippen LogP contribution in [0.1, 0.15) is 37.7 Å². The van der Waals surface area contributed by atoms with Crippen LogP contribution >= 0.6 is 0 Å². The molecule has 1 aromatic heterocycles. The van der Waals surface area contributed by atoms with Crippen molar-refractivity contribution in [2.24, 2.45) is 0 Å². The Labute approximate surface area is 153 Å². The molecular formula is C21H25N3O2. The Hall–Kier alpha value is -2.56. The van der Waals surface area contributed by atoms with Gasteiger partial charge in [-0.2, -0.15) is 0 Å². The van der Waals surface area contributed by atoms with Gasteiger partial charge < -0.3 is 15.2 Å². The number of H-pyrrole nitrogens is 1. The van der Waals surface area contributed by atoms with E-state index in [1.165, 1.54) is 16.5 Å². The van der Waals surface area contributed by atoms with Gasteiger partial charge in [-0.25, -0.2) is 0 Å². The average Bonchev–Trinajstić information content (AvgIpc) is 3.17. The Morgan fingerprint density at radius 3 is 3.04 bits per heavy atom. The molecule has 5 nitrogen and oxygen atoms in total. The van der Waals surface area contributed by atoms with Crippen LogP contribution in [0.5, 0.6) is 0 Å². The molecule has 1 aliphatic carbocycles. The lowest BCUT2D eigenvalue weighted by molar-refractivity contribution is -0.127. The second-order valence-corrected chi connectivity index (χ2v) is 7.32. The molecule has 2 N–H and O–H groups in total. The number of benzene rings is 1. The van der Waals surface area contributed by atoms with E-state index in [2.05, 4.69) is 16.4 Å². The normalized spacial score (nSPS) is 20.0. The highest BCUT2D eigenvalue weighted by Gasteiger charge is 2.38. The summed E-state index contributed by atoms with van der Waals surface area (Å²) < 4.78 is 0. The van der Waals surface area contributed by atoms with Gasteiger partial charge in [0.2, 0.25) is 5.91 Å². The molecule has 5 heteroatoms. The molecule has 1 aliphatic heterocycles. The molecule has 0 saturated heterocycles. The third-order valence-corrected chi connectivity index (χ3v) is 5.74. The minimum Gasteiger partial charge on any atom is -0.361 e. The summed E-state index contributed by atoms with van der Waals surface area (Å²) >= 11 is 0. The fourth-order valence-corrected chi connectivity index (χ4v) is 4.35. The van der Waals surface area contributed by atoms with Crippen molar-refractivity contribution in [2.75, 3.05) is 13.6 Å². The molecule has 1 saturated carbocycles. The number of nitrogens with zero attached hydrogens (tertiary/aromatic N) is 1. The molecule has 1 fully saturated rings. The lowest BCUT2D eigenvalue weighted by Crippen LogP contribution is -2.33. The molecule has 1 unspecified atom stereocenters. The molecule has 2 amide bonds. The quantitative estimate of drug-likeness (QED) is 0.870.